The minimum Gasteiger partial charge on any atom is -0.344 e. The maximum atomic E-state index is 13.4. The molecule has 6 nitrogen and oxygen atoms in total. The van der Waals surface area contributed by atoms with Gasteiger partial charge in [-0.1, -0.05) is 68.4 Å². The van der Waals surface area contributed by atoms with Crippen LogP contribution in [0.25, 0.3) is 11.1 Å². The first-order valence-electron chi connectivity index (χ1n) is 12.8. The molecule has 190 valence electrons. The van der Waals surface area contributed by atoms with Gasteiger partial charge in [0.05, 0.1) is 0 Å². The van der Waals surface area contributed by atoms with Crippen LogP contribution in [0.4, 0.5) is 0 Å². The van der Waals surface area contributed by atoms with Gasteiger partial charge in [-0.05, 0) is 48.3 Å². The molecule has 0 spiro atoms. The van der Waals surface area contributed by atoms with Gasteiger partial charge in [0.1, 0.15) is 12.1 Å². The molecule has 3 rings (SSSR count). The number of carbonyl (C=O) groups is 3. The first kappa shape index (κ1) is 27.0. The summed E-state index contributed by atoms with van der Waals surface area (Å²) in [5, 5.41) is 5.74. The smallest absolute Gasteiger partial charge is 0.245 e. The Bertz CT molecular complexity index is 1060. The number of nitrogens with zero attached hydrogens (tertiary/aromatic N) is 1. The second-order valence-electron chi connectivity index (χ2n) is 9.83. The molecule has 0 aromatic heterocycles. The second-order valence-corrected chi connectivity index (χ2v) is 9.83. The SMILES string of the molecule is C#CCCC(=O)NC(CC(C)C)C(=O)NC1CCCCN(Cc2ccc(-c3ccccc3)cc2)C1=O. The number of terminal acetylenes is 1. The summed E-state index contributed by atoms with van der Waals surface area (Å²) in [6.07, 6.45) is 8.58. The largest absolute Gasteiger partial charge is 0.344 e. The van der Waals surface area contributed by atoms with Crippen LogP contribution in [0.2, 0.25) is 0 Å². The predicted octanol–water partition coefficient (Wildman–Crippen LogP) is 4.30. The third-order valence-corrected chi connectivity index (χ3v) is 6.39. The van der Waals surface area contributed by atoms with Gasteiger partial charge in [0.15, 0.2) is 0 Å². The third-order valence-electron chi connectivity index (χ3n) is 6.39. The number of hydrogen-bond acceptors (Lipinski definition) is 3. The number of benzene rings is 2. The van der Waals surface area contributed by atoms with Crippen LogP contribution in [-0.2, 0) is 20.9 Å². The summed E-state index contributed by atoms with van der Waals surface area (Å²) in [4.78, 5) is 40.5. The van der Waals surface area contributed by atoms with E-state index in [1.807, 2.05) is 36.9 Å². The number of carbonyl (C=O) groups excluding carboxylic acids is 3. The lowest BCUT2D eigenvalue weighted by atomic mass is 10.0. The van der Waals surface area contributed by atoms with E-state index in [1.54, 1.807) is 0 Å². The van der Waals surface area contributed by atoms with E-state index in [0.29, 0.717) is 32.4 Å². The number of amides is 3. The van der Waals surface area contributed by atoms with Crippen LogP contribution in [-0.4, -0.2) is 41.2 Å². The quantitative estimate of drug-likeness (QED) is 0.491. The van der Waals surface area contributed by atoms with Crippen molar-refractivity contribution < 1.29 is 14.4 Å². The van der Waals surface area contributed by atoms with Gasteiger partial charge in [0.25, 0.3) is 0 Å². The maximum Gasteiger partial charge on any atom is 0.245 e. The van der Waals surface area contributed by atoms with Gasteiger partial charge in [0.2, 0.25) is 17.7 Å². The van der Waals surface area contributed by atoms with Gasteiger partial charge in [-0.2, -0.15) is 0 Å². The molecule has 1 aliphatic heterocycles. The Morgan fingerprint density at radius 2 is 1.75 bits per heavy atom. The monoisotopic (exact) mass is 487 g/mol. The molecule has 2 atom stereocenters. The van der Waals surface area contributed by atoms with E-state index >= 15 is 0 Å². The highest BCUT2D eigenvalue weighted by molar-refractivity contribution is 5.92. The molecule has 0 radical (unpaired) electrons. The molecule has 1 saturated heterocycles. The summed E-state index contributed by atoms with van der Waals surface area (Å²) in [6.45, 7) is 5.15. The van der Waals surface area contributed by atoms with Crippen molar-refractivity contribution >= 4 is 17.7 Å². The summed E-state index contributed by atoms with van der Waals surface area (Å²) in [5.41, 5.74) is 3.33. The summed E-state index contributed by atoms with van der Waals surface area (Å²) in [6, 6.07) is 17.1. The second kappa shape index (κ2) is 13.5. The highest BCUT2D eigenvalue weighted by Crippen LogP contribution is 2.21. The van der Waals surface area contributed by atoms with E-state index in [4.69, 9.17) is 6.42 Å². The minimum absolute atomic E-state index is 0.0741. The molecule has 36 heavy (non-hydrogen) atoms. The van der Waals surface area contributed by atoms with Crippen LogP contribution in [0.3, 0.4) is 0 Å². The third kappa shape index (κ3) is 7.98. The van der Waals surface area contributed by atoms with Gasteiger partial charge < -0.3 is 15.5 Å². The Kier molecular flexibility index (Phi) is 10.1. The first-order chi connectivity index (χ1) is 17.4. The molecule has 3 amide bonds. The summed E-state index contributed by atoms with van der Waals surface area (Å²) >= 11 is 0. The molecule has 1 aliphatic rings. The van der Waals surface area contributed by atoms with Gasteiger partial charge in [0, 0.05) is 25.9 Å². The zero-order valence-corrected chi connectivity index (χ0v) is 21.3. The molecular formula is C30H37N3O3. The topological polar surface area (TPSA) is 78.5 Å². The fourth-order valence-corrected chi connectivity index (χ4v) is 4.48. The highest BCUT2D eigenvalue weighted by atomic mass is 16.2. The van der Waals surface area contributed by atoms with E-state index < -0.39 is 12.1 Å². The lowest BCUT2D eigenvalue weighted by Crippen LogP contribution is -2.54. The van der Waals surface area contributed by atoms with Crippen LogP contribution in [0.15, 0.2) is 54.6 Å². The Morgan fingerprint density at radius 1 is 1.06 bits per heavy atom. The van der Waals surface area contributed by atoms with Crippen molar-refractivity contribution in [1.82, 2.24) is 15.5 Å². The molecule has 1 heterocycles. The van der Waals surface area contributed by atoms with Gasteiger partial charge >= 0.3 is 0 Å². The van der Waals surface area contributed by atoms with Crippen LogP contribution < -0.4 is 10.6 Å². The Morgan fingerprint density at radius 3 is 2.42 bits per heavy atom. The van der Waals surface area contributed by atoms with Gasteiger partial charge in [-0.3, -0.25) is 14.4 Å². The molecule has 2 aromatic carbocycles. The Hall–Kier alpha value is -3.59. The zero-order chi connectivity index (χ0) is 25.9. The molecule has 0 aliphatic carbocycles. The molecule has 0 saturated carbocycles. The Labute approximate surface area is 214 Å². The van der Waals surface area contributed by atoms with Crippen LogP contribution in [0.5, 0.6) is 0 Å². The molecule has 2 N–H and O–H groups in total. The van der Waals surface area contributed by atoms with E-state index in [-0.39, 0.29) is 30.1 Å². The average molecular weight is 488 g/mol. The maximum absolute atomic E-state index is 13.4. The molecule has 6 heteroatoms. The number of rotatable bonds is 10. The summed E-state index contributed by atoms with van der Waals surface area (Å²) in [5.74, 6) is 2.01. The van der Waals surface area contributed by atoms with Crippen molar-refractivity contribution in [2.75, 3.05) is 6.54 Å². The normalized spacial score (nSPS) is 16.7. The zero-order valence-electron chi connectivity index (χ0n) is 21.3. The van der Waals surface area contributed by atoms with E-state index in [0.717, 1.165) is 29.5 Å². The van der Waals surface area contributed by atoms with Crippen molar-refractivity contribution in [3.05, 3.63) is 60.2 Å². The molecule has 2 unspecified atom stereocenters. The van der Waals surface area contributed by atoms with Crippen molar-refractivity contribution in [2.24, 2.45) is 5.92 Å². The molecular weight excluding hydrogens is 450 g/mol. The van der Waals surface area contributed by atoms with Gasteiger partial charge in [-0.15, -0.1) is 12.3 Å². The molecule has 1 fully saturated rings. The number of hydrogen-bond donors (Lipinski definition) is 2. The lowest BCUT2D eigenvalue weighted by Gasteiger charge is -2.27. The fraction of sp³-hybridized carbons (Fsp3) is 0.433. The number of nitrogens with one attached hydrogen (secondary N) is 2. The van der Waals surface area contributed by atoms with Crippen molar-refractivity contribution in [3.8, 4) is 23.5 Å². The summed E-state index contributed by atoms with van der Waals surface area (Å²) < 4.78 is 0. The van der Waals surface area contributed by atoms with Crippen LogP contribution >= 0.6 is 0 Å². The first-order valence-corrected chi connectivity index (χ1v) is 12.8. The van der Waals surface area contributed by atoms with E-state index in [9.17, 15) is 14.4 Å². The molecule has 2 aromatic rings. The average Bonchev–Trinajstić information content (AvgIpc) is 3.04. The fourth-order valence-electron chi connectivity index (χ4n) is 4.48. The van der Waals surface area contributed by atoms with Crippen LogP contribution in [0.1, 0.15) is 57.9 Å². The molecule has 0 bridgehead atoms. The Balaban J connectivity index is 1.64. The number of likely N-dealkylation sites (tertiary alicyclic amines) is 1. The van der Waals surface area contributed by atoms with E-state index in [2.05, 4.69) is 53.0 Å². The highest BCUT2D eigenvalue weighted by Gasteiger charge is 2.31. The standard InChI is InChI=1S/C30H37N3O3/c1-4-5-14-28(34)31-27(20-22(2)3)29(35)32-26-13-9-10-19-33(30(26)36)21-23-15-17-25(18-16-23)24-11-7-6-8-12-24/h1,6-8,11-12,15-18,22,26-27H,5,9-10,13-14,19-21H2,2-3H3,(H,31,34)(H,32,35). The van der Waals surface area contributed by atoms with Gasteiger partial charge in [-0.25, -0.2) is 0 Å². The predicted molar refractivity (Wildman–Crippen MR) is 143 cm³/mol. The minimum atomic E-state index is -0.690. The van der Waals surface area contributed by atoms with E-state index in [1.165, 1.54) is 0 Å². The van der Waals surface area contributed by atoms with Crippen molar-refractivity contribution in [1.29, 1.82) is 0 Å². The summed E-state index contributed by atoms with van der Waals surface area (Å²) in [7, 11) is 0. The van der Waals surface area contributed by atoms with Crippen LogP contribution in [0, 0.1) is 18.3 Å². The van der Waals surface area contributed by atoms with Crippen molar-refractivity contribution in [3.63, 3.8) is 0 Å². The lowest BCUT2D eigenvalue weighted by molar-refractivity contribution is -0.137. The van der Waals surface area contributed by atoms with Crippen molar-refractivity contribution in [2.45, 2.75) is 71.0 Å².